The van der Waals surface area contributed by atoms with Gasteiger partial charge < -0.3 is 23.8 Å². The molecule has 4 rings (SSSR count). The molecule has 2 aliphatic rings. The lowest BCUT2D eigenvalue weighted by atomic mass is 10.0. The number of anilines is 1. The van der Waals surface area contributed by atoms with E-state index in [0.717, 1.165) is 0 Å². The Balaban J connectivity index is 1.79. The zero-order valence-electron chi connectivity index (χ0n) is 18.4. The molecule has 0 aromatic heterocycles. The highest BCUT2D eigenvalue weighted by atomic mass is 16.5. The Labute approximate surface area is 186 Å². The minimum Gasteiger partial charge on any atom is -0.494 e. The van der Waals surface area contributed by atoms with E-state index in [0.29, 0.717) is 72.7 Å². The molecule has 0 aliphatic carbocycles. The number of morpholine rings is 1. The van der Waals surface area contributed by atoms with Gasteiger partial charge in [-0.1, -0.05) is 6.07 Å². The normalized spacial score (nSPS) is 16.6. The number of nitrogens with zero attached hydrogens (tertiary/aromatic N) is 2. The van der Waals surface area contributed by atoms with Crippen molar-refractivity contribution in [3.8, 4) is 17.2 Å². The van der Waals surface area contributed by atoms with Crippen molar-refractivity contribution in [1.29, 1.82) is 0 Å². The zero-order chi connectivity index (χ0) is 22.7. The minimum absolute atomic E-state index is 0.340. The van der Waals surface area contributed by atoms with Crippen molar-refractivity contribution in [1.82, 2.24) is 4.90 Å². The molecule has 2 heterocycles. The number of imide groups is 1. The van der Waals surface area contributed by atoms with Crippen LogP contribution in [0.5, 0.6) is 17.2 Å². The second kappa shape index (κ2) is 9.32. The van der Waals surface area contributed by atoms with E-state index in [-0.39, 0.29) is 11.8 Å². The van der Waals surface area contributed by atoms with Gasteiger partial charge in [0.25, 0.3) is 11.8 Å². The van der Waals surface area contributed by atoms with Crippen LogP contribution >= 0.6 is 0 Å². The van der Waals surface area contributed by atoms with Gasteiger partial charge in [-0.15, -0.1) is 0 Å². The number of hydrogen-bond acceptors (Lipinski definition) is 7. The summed E-state index contributed by atoms with van der Waals surface area (Å²) >= 11 is 0. The van der Waals surface area contributed by atoms with E-state index < -0.39 is 0 Å². The van der Waals surface area contributed by atoms with E-state index in [1.165, 1.54) is 12.0 Å². The van der Waals surface area contributed by atoms with E-state index in [1.807, 2.05) is 11.8 Å². The molecule has 8 nitrogen and oxygen atoms in total. The monoisotopic (exact) mass is 438 g/mol. The highest BCUT2D eigenvalue weighted by molar-refractivity contribution is 6.45. The Morgan fingerprint density at radius 1 is 0.906 bits per heavy atom. The van der Waals surface area contributed by atoms with Gasteiger partial charge in [-0.25, -0.2) is 4.90 Å². The summed E-state index contributed by atoms with van der Waals surface area (Å²) in [5, 5.41) is 0. The van der Waals surface area contributed by atoms with Gasteiger partial charge in [-0.05, 0) is 48.9 Å². The van der Waals surface area contributed by atoms with Crippen molar-refractivity contribution < 1.29 is 28.5 Å². The molecule has 0 unspecified atom stereocenters. The van der Waals surface area contributed by atoms with Gasteiger partial charge in [0.05, 0.1) is 45.3 Å². The molecule has 2 amide bonds. The molecule has 2 aromatic rings. The Kier molecular flexibility index (Phi) is 6.32. The van der Waals surface area contributed by atoms with E-state index in [4.69, 9.17) is 18.9 Å². The van der Waals surface area contributed by atoms with Crippen LogP contribution in [0.15, 0.2) is 48.2 Å². The van der Waals surface area contributed by atoms with Crippen LogP contribution in [0.4, 0.5) is 5.69 Å². The summed E-state index contributed by atoms with van der Waals surface area (Å²) in [6.45, 7) is 4.48. The lowest BCUT2D eigenvalue weighted by Crippen LogP contribution is -2.40. The van der Waals surface area contributed by atoms with Crippen LogP contribution in [0.1, 0.15) is 12.5 Å². The maximum Gasteiger partial charge on any atom is 0.282 e. The van der Waals surface area contributed by atoms with Crippen LogP contribution in [0.2, 0.25) is 0 Å². The third-order valence-electron chi connectivity index (χ3n) is 5.46. The van der Waals surface area contributed by atoms with Crippen LogP contribution in [-0.4, -0.2) is 63.8 Å². The van der Waals surface area contributed by atoms with Gasteiger partial charge in [0.2, 0.25) is 0 Å². The first-order valence-corrected chi connectivity index (χ1v) is 10.5. The lowest BCUT2D eigenvalue weighted by Gasteiger charge is -2.29. The van der Waals surface area contributed by atoms with Crippen molar-refractivity contribution in [2.75, 3.05) is 52.0 Å². The summed E-state index contributed by atoms with van der Waals surface area (Å²) in [5.74, 6) is 0.971. The van der Waals surface area contributed by atoms with Crippen molar-refractivity contribution in [2.45, 2.75) is 6.92 Å². The molecular formula is C24H26N2O6. The number of ether oxygens (including phenoxy) is 4. The fourth-order valence-electron chi connectivity index (χ4n) is 3.94. The molecular weight excluding hydrogens is 412 g/mol. The number of carbonyl (C=O) groups excluding carboxylic acids is 2. The van der Waals surface area contributed by atoms with E-state index in [9.17, 15) is 9.59 Å². The second-order valence-electron chi connectivity index (χ2n) is 7.27. The van der Waals surface area contributed by atoms with Crippen LogP contribution in [-0.2, 0) is 14.3 Å². The molecule has 0 radical (unpaired) electrons. The third kappa shape index (κ3) is 3.89. The molecule has 0 saturated carbocycles. The molecule has 32 heavy (non-hydrogen) atoms. The van der Waals surface area contributed by atoms with Crippen molar-refractivity contribution in [3.63, 3.8) is 0 Å². The highest BCUT2D eigenvalue weighted by Gasteiger charge is 2.43. The minimum atomic E-state index is -0.382. The van der Waals surface area contributed by atoms with Crippen molar-refractivity contribution in [3.05, 3.63) is 53.7 Å². The lowest BCUT2D eigenvalue weighted by molar-refractivity contribution is -0.121. The number of rotatable bonds is 7. The largest absolute Gasteiger partial charge is 0.494 e. The molecule has 0 N–H and O–H groups in total. The van der Waals surface area contributed by atoms with Gasteiger partial charge in [-0.3, -0.25) is 9.59 Å². The van der Waals surface area contributed by atoms with Crippen LogP contribution in [0, 0.1) is 0 Å². The number of methoxy groups -OCH3 is 2. The van der Waals surface area contributed by atoms with Gasteiger partial charge in [-0.2, -0.15) is 0 Å². The standard InChI is InChI=1S/C24H26N2O6/c1-4-32-18-8-6-17(7-9-18)26-23(27)21(16-5-10-19(29-2)20(15-16)30-3)22(24(26)28)25-11-13-31-14-12-25/h5-10,15H,4,11-14H2,1-3H3. The molecule has 1 fully saturated rings. The molecule has 2 aliphatic heterocycles. The number of hydrogen-bond donors (Lipinski definition) is 0. The molecule has 2 aromatic carbocycles. The van der Waals surface area contributed by atoms with Crippen molar-refractivity contribution in [2.24, 2.45) is 0 Å². The average molecular weight is 438 g/mol. The molecule has 168 valence electrons. The van der Waals surface area contributed by atoms with Crippen LogP contribution in [0.3, 0.4) is 0 Å². The topological polar surface area (TPSA) is 77.5 Å². The zero-order valence-corrected chi connectivity index (χ0v) is 18.4. The summed E-state index contributed by atoms with van der Waals surface area (Å²) < 4.78 is 21.7. The Bertz CT molecular complexity index is 1040. The fraction of sp³-hybridized carbons (Fsp3) is 0.333. The molecule has 0 spiro atoms. The predicted molar refractivity (Wildman–Crippen MR) is 119 cm³/mol. The Morgan fingerprint density at radius 2 is 1.59 bits per heavy atom. The number of carbonyl (C=O) groups is 2. The first kappa shape index (κ1) is 21.7. The quantitative estimate of drug-likeness (QED) is 0.615. The summed E-state index contributed by atoms with van der Waals surface area (Å²) in [6.07, 6.45) is 0. The Morgan fingerprint density at radius 3 is 2.22 bits per heavy atom. The maximum atomic E-state index is 13.6. The van der Waals surface area contributed by atoms with E-state index >= 15 is 0 Å². The van der Waals surface area contributed by atoms with Crippen molar-refractivity contribution >= 4 is 23.1 Å². The molecule has 0 atom stereocenters. The summed E-state index contributed by atoms with van der Waals surface area (Å²) in [6, 6.07) is 12.2. The fourth-order valence-corrected chi connectivity index (χ4v) is 3.94. The maximum absolute atomic E-state index is 13.6. The van der Waals surface area contributed by atoms with E-state index in [2.05, 4.69) is 0 Å². The Hall–Kier alpha value is -3.52. The first-order valence-electron chi connectivity index (χ1n) is 10.5. The summed E-state index contributed by atoms with van der Waals surface area (Å²) in [7, 11) is 3.08. The SMILES string of the molecule is CCOc1ccc(N2C(=O)C(c3ccc(OC)c(OC)c3)=C(N3CCOCC3)C2=O)cc1. The average Bonchev–Trinajstić information content (AvgIpc) is 3.09. The molecule has 0 bridgehead atoms. The summed E-state index contributed by atoms with van der Waals surface area (Å²) in [5.41, 5.74) is 1.80. The predicted octanol–water partition coefficient (Wildman–Crippen LogP) is 2.72. The molecule has 8 heteroatoms. The van der Waals surface area contributed by atoms with Crippen LogP contribution < -0.4 is 19.1 Å². The number of benzene rings is 2. The first-order chi connectivity index (χ1) is 15.6. The second-order valence-corrected chi connectivity index (χ2v) is 7.27. The van der Waals surface area contributed by atoms with Gasteiger partial charge in [0.1, 0.15) is 11.4 Å². The molecule has 1 saturated heterocycles. The highest BCUT2D eigenvalue weighted by Crippen LogP contribution is 2.38. The van der Waals surface area contributed by atoms with Gasteiger partial charge in [0.15, 0.2) is 11.5 Å². The number of amides is 2. The van der Waals surface area contributed by atoms with Gasteiger partial charge in [0, 0.05) is 13.1 Å². The van der Waals surface area contributed by atoms with Gasteiger partial charge >= 0.3 is 0 Å². The smallest absolute Gasteiger partial charge is 0.282 e. The van der Waals surface area contributed by atoms with Crippen LogP contribution in [0.25, 0.3) is 5.57 Å². The third-order valence-corrected chi connectivity index (χ3v) is 5.46. The summed E-state index contributed by atoms with van der Waals surface area (Å²) in [4.78, 5) is 30.3. The van der Waals surface area contributed by atoms with E-state index in [1.54, 1.807) is 49.6 Å².